The predicted octanol–water partition coefficient (Wildman–Crippen LogP) is 1.70. The van der Waals surface area contributed by atoms with Gasteiger partial charge in [-0.3, -0.25) is 4.79 Å². The van der Waals surface area contributed by atoms with Gasteiger partial charge in [0.15, 0.2) is 11.5 Å². The molecule has 0 saturated carbocycles. The van der Waals surface area contributed by atoms with Crippen molar-refractivity contribution in [2.24, 2.45) is 0 Å². The summed E-state index contributed by atoms with van der Waals surface area (Å²) in [6, 6.07) is 9.99. The van der Waals surface area contributed by atoms with E-state index in [2.05, 4.69) is 0 Å². The van der Waals surface area contributed by atoms with Crippen molar-refractivity contribution in [2.75, 3.05) is 20.7 Å². The Morgan fingerprint density at radius 2 is 1.81 bits per heavy atom. The van der Waals surface area contributed by atoms with Crippen molar-refractivity contribution in [3.05, 3.63) is 58.4 Å². The second-order valence-electron chi connectivity index (χ2n) is 6.21. The molecule has 0 aliphatic carbocycles. The molecule has 1 heterocycles. The molecule has 0 fully saturated rings. The standard InChI is InChI=1S/C20H21NO5/c1-4-24-16-7-5-6-8-17(16)26-18-12-25-20-13(19(18)23)9-10-15(22)14(20)11-21(2)3/h5-10,12,22H,4,11H2,1-3H3. The monoisotopic (exact) mass is 355 g/mol. The lowest BCUT2D eigenvalue weighted by atomic mass is 10.1. The van der Waals surface area contributed by atoms with Crippen LogP contribution in [0.5, 0.6) is 23.0 Å². The van der Waals surface area contributed by atoms with Crippen LogP contribution in [0.4, 0.5) is 0 Å². The number of ether oxygens (including phenoxy) is 2. The van der Waals surface area contributed by atoms with Gasteiger partial charge in [0.05, 0.1) is 26.1 Å². The van der Waals surface area contributed by atoms with Gasteiger partial charge < -0.3 is 23.9 Å². The zero-order valence-electron chi connectivity index (χ0n) is 15.0. The van der Waals surface area contributed by atoms with E-state index in [1.54, 1.807) is 18.2 Å². The Morgan fingerprint density at radius 1 is 1.08 bits per heavy atom. The van der Waals surface area contributed by atoms with E-state index in [0.29, 0.717) is 41.2 Å². The summed E-state index contributed by atoms with van der Waals surface area (Å²) < 4.78 is 16.9. The first-order chi connectivity index (χ1) is 12.5. The summed E-state index contributed by atoms with van der Waals surface area (Å²) in [5.74, 6) is 0.879. The third kappa shape index (κ3) is 3.50. The topological polar surface area (TPSA) is 76.2 Å². The smallest absolute Gasteiger partial charge is 0.235 e. The van der Waals surface area contributed by atoms with E-state index in [4.69, 9.17) is 13.9 Å². The first-order valence-electron chi connectivity index (χ1n) is 8.44. The maximum Gasteiger partial charge on any atom is 0.235 e. The van der Waals surface area contributed by atoms with E-state index in [-0.39, 0.29) is 16.9 Å². The summed E-state index contributed by atoms with van der Waals surface area (Å²) in [7, 11) is 3.86. The van der Waals surface area contributed by atoms with E-state index < -0.39 is 0 Å². The van der Waals surface area contributed by atoms with Gasteiger partial charge in [0, 0.05) is 5.56 Å². The zero-order valence-corrected chi connectivity index (χ0v) is 15.0. The molecule has 0 amide bonds. The molecular weight excluding hydrogens is 334 g/mol. The molecule has 0 aliphatic rings. The van der Waals surface area contributed by atoms with Gasteiger partial charge in [0.25, 0.3) is 0 Å². The fraction of sp³-hybridized carbons (Fsp3) is 0.250. The van der Waals surface area contributed by atoms with E-state index in [1.165, 1.54) is 18.4 Å². The van der Waals surface area contributed by atoms with Crippen molar-refractivity contribution in [3.63, 3.8) is 0 Å². The molecule has 1 aromatic heterocycles. The Kier molecular flexibility index (Phi) is 5.14. The first kappa shape index (κ1) is 17.8. The molecule has 0 unspecified atom stereocenters. The molecule has 136 valence electrons. The highest BCUT2D eigenvalue weighted by molar-refractivity contribution is 5.82. The van der Waals surface area contributed by atoms with Crippen LogP contribution < -0.4 is 24.9 Å². The molecule has 0 bridgehead atoms. The maximum absolute atomic E-state index is 12.8. The summed E-state index contributed by atoms with van der Waals surface area (Å²) in [6.07, 6.45) is 1.25. The molecule has 0 atom stereocenters. The quantitative estimate of drug-likeness (QED) is 0.728. The Morgan fingerprint density at radius 3 is 2.50 bits per heavy atom. The molecule has 26 heavy (non-hydrogen) atoms. The number of nitrogens with one attached hydrogen (secondary N) is 1. The largest absolute Gasteiger partial charge is 0.872 e. The molecule has 3 aromatic rings. The summed E-state index contributed by atoms with van der Waals surface area (Å²) in [5.41, 5.74) is 0.475. The van der Waals surface area contributed by atoms with E-state index in [9.17, 15) is 9.90 Å². The van der Waals surface area contributed by atoms with Crippen molar-refractivity contribution in [1.82, 2.24) is 0 Å². The van der Waals surface area contributed by atoms with Gasteiger partial charge in [0.2, 0.25) is 11.2 Å². The molecular formula is C20H21NO5. The highest BCUT2D eigenvalue weighted by atomic mass is 16.5. The van der Waals surface area contributed by atoms with Crippen molar-refractivity contribution in [2.45, 2.75) is 13.5 Å². The number of hydrogen-bond acceptors (Lipinski definition) is 5. The SMILES string of the molecule is CCOc1ccccc1Oc1coc2c(C[NH+](C)C)c([O-])ccc2c1=O. The number of para-hydroxylation sites is 2. The second kappa shape index (κ2) is 7.49. The third-order valence-corrected chi connectivity index (χ3v) is 3.87. The van der Waals surface area contributed by atoms with Crippen LogP contribution >= 0.6 is 0 Å². The Labute approximate surface area is 151 Å². The highest BCUT2D eigenvalue weighted by Crippen LogP contribution is 2.31. The predicted molar refractivity (Wildman–Crippen MR) is 96.1 cm³/mol. The van der Waals surface area contributed by atoms with Gasteiger partial charge in [0.1, 0.15) is 18.4 Å². The Bertz CT molecular complexity index is 978. The van der Waals surface area contributed by atoms with Crippen LogP contribution in [-0.4, -0.2) is 20.7 Å². The second-order valence-corrected chi connectivity index (χ2v) is 6.21. The molecule has 3 rings (SSSR count). The van der Waals surface area contributed by atoms with Crippen LogP contribution in [-0.2, 0) is 6.54 Å². The van der Waals surface area contributed by atoms with E-state index in [1.807, 2.05) is 27.1 Å². The average molecular weight is 355 g/mol. The summed E-state index contributed by atoms with van der Waals surface area (Å²) >= 11 is 0. The number of benzene rings is 2. The van der Waals surface area contributed by atoms with Crippen molar-refractivity contribution < 1.29 is 23.9 Å². The summed E-state index contributed by atoms with van der Waals surface area (Å²) in [4.78, 5) is 13.9. The lowest BCUT2D eigenvalue weighted by Crippen LogP contribution is -3.04. The Hall–Kier alpha value is -2.99. The first-order valence-corrected chi connectivity index (χ1v) is 8.44. The molecule has 0 aliphatic heterocycles. The van der Waals surface area contributed by atoms with Crippen LogP contribution in [0.25, 0.3) is 11.0 Å². The van der Waals surface area contributed by atoms with Crippen LogP contribution in [0.2, 0.25) is 0 Å². The lowest BCUT2D eigenvalue weighted by molar-refractivity contribution is -0.872. The molecule has 2 aromatic carbocycles. The molecule has 0 radical (unpaired) electrons. The minimum Gasteiger partial charge on any atom is -0.872 e. The van der Waals surface area contributed by atoms with Crippen molar-refractivity contribution in [3.8, 4) is 23.0 Å². The van der Waals surface area contributed by atoms with Crippen LogP contribution in [0.1, 0.15) is 12.5 Å². The molecule has 0 spiro atoms. The van der Waals surface area contributed by atoms with Crippen LogP contribution in [0.15, 0.2) is 51.9 Å². The fourth-order valence-electron chi connectivity index (χ4n) is 2.74. The van der Waals surface area contributed by atoms with Crippen molar-refractivity contribution in [1.29, 1.82) is 0 Å². The number of quaternary nitrogens is 1. The summed E-state index contributed by atoms with van der Waals surface area (Å²) in [6.45, 7) is 2.82. The zero-order chi connectivity index (χ0) is 18.7. The molecule has 6 heteroatoms. The van der Waals surface area contributed by atoms with Crippen molar-refractivity contribution >= 4 is 11.0 Å². The van der Waals surface area contributed by atoms with Crippen LogP contribution in [0, 0.1) is 0 Å². The normalized spacial score (nSPS) is 11.1. The maximum atomic E-state index is 12.8. The van der Waals surface area contributed by atoms with E-state index >= 15 is 0 Å². The van der Waals surface area contributed by atoms with E-state index in [0.717, 1.165) is 4.90 Å². The highest BCUT2D eigenvalue weighted by Gasteiger charge is 2.15. The molecule has 6 nitrogen and oxygen atoms in total. The van der Waals surface area contributed by atoms with Gasteiger partial charge in [-0.1, -0.05) is 23.9 Å². The minimum absolute atomic E-state index is 0.0476. The molecule has 0 saturated heterocycles. The fourth-order valence-corrected chi connectivity index (χ4v) is 2.74. The van der Waals surface area contributed by atoms with Gasteiger partial charge in [-0.2, -0.15) is 0 Å². The van der Waals surface area contributed by atoms with Gasteiger partial charge in [-0.25, -0.2) is 0 Å². The summed E-state index contributed by atoms with van der Waals surface area (Å²) in [5, 5.41) is 12.5. The average Bonchev–Trinajstić information content (AvgIpc) is 2.61. The Balaban J connectivity index is 2.06. The van der Waals surface area contributed by atoms with Gasteiger partial charge in [-0.05, 0) is 25.1 Å². The van der Waals surface area contributed by atoms with Gasteiger partial charge >= 0.3 is 0 Å². The third-order valence-electron chi connectivity index (χ3n) is 3.87. The number of fused-ring (bicyclic) bond motifs is 1. The minimum atomic E-state index is -0.326. The number of rotatable bonds is 6. The van der Waals surface area contributed by atoms with Gasteiger partial charge in [-0.15, -0.1) is 0 Å². The lowest BCUT2D eigenvalue weighted by Gasteiger charge is -2.17. The molecule has 1 N–H and O–H groups in total. The number of hydrogen-bond donors (Lipinski definition) is 1. The van der Waals surface area contributed by atoms with Crippen LogP contribution in [0.3, 0.4) is 0 Å².